The molecule has 0 bridgehead atoms. The quantitative estimate of drug-likeness (QED) is 0.785. The minimum Gasteiger partial charge on any atom is -0.478 e. The number of aryl methyl sites for hydroxylation is 1. The second-order valence-corrected chi connectivity index (χ2v) is 5.18. The number of thioether (sulfide) groups is 1. The number of hydrogen-bond acceptors (Lipinski definition) is 6. The zero-order chi connectivity index (χ0) is 14.4. The third-order valence-electron chi connectivity index (χ3n) is 2.59. The Bertz CT molecular complexity index is 568. The van der Waals surface area contributed by atoms with Crippen LogP contribution < -0.4 is 0 Å². The van der Waals surface area contributed by atoms with Crippen LogP contribution in [0, 0.1) is 0 Å². The molecule has 2 rings (SSSR count). The summed E-state index contributed by atoms with van der Waals surface area (Å²) in [6.45, 7) is 2.11. The van der Waals surface area contributed by atoms with Crippen molar-refractivity contribution in [1.29, 1.82) is 0 Å². The van der Waals surface area contributed by atoms with Crippen LogP contribution in [0.25, 0.3) is 0 Å². The van der Waals surface area contributed by atoms with Crippen LogP contribution in [-0.4, -0.2) is 26.2 Å². The minimum absolute atomic E-state index is 0.175. The molecule has 0 saturated carbocycles. The monoisotopic (exact) mass is 293 g/mol. The van der Waals surface area contributed by atoms with E-state index in [0.717, 1.165) is 30.1 Å². The average Bonchev–Trinajstić information content (AvgIpc) is 2.91. The fourth-order valence-electron chi connectivity index (χ4n) is 1.51. The molecule has 0 aromatic carbocycles. The zero-order valence-electron chi connectivity index (χ0n) is 11.1. The summed E-state index contributed by atoms with van der Waals surface area (Å²) in [5, 5.41) is 13.4. The average molecular weight is 293 g/mol. The van der Waals surface area contributed by atoms with Gasteiger partial charge < -0.3 is 9.63 Å². The molecule has 0 atom stereocenters. The van der Waals surface area contributed by atoms with Crippen LogP contribution in [-0.2, 0) is 12.2 Å². The Balaban J connectivity index is 1.88. The van der Waals surface area contributed by atoms with Crippen LogP contribution in [0.2, 0.25) is 0 Å². The molecule has 2 heterocycles. The van der Waals surface area contributed by atoms with Crippen LogP contribution >= 0.6 is 11.8 Å². The highest BCUT2D eigenvalue weighted by molar-refractivity contribution is 7.98. The molecule has 2 aromatic heterocycles. The standard InChI is InChI=1S/C13H15N3O3S/c1-2-3-4-10-15-11(19-16-10)8-20-12-6-5-9(7-14-12)13(17)18/h5-7H,2-4,8H2,1H3,(H,17,18). The third-order valence-corrected chi connectivity index (χ3v) is 3.52. The number of aromatic nitrogens is 3. The summed E-state index contributed by atoms with van der Waals surface area (Å²) in [5.41, 5.74) is 0.175. The lowest BCUT2D eigenvalue weighted by Gasteiger charge is -1.98. The molecule has 0 saturated heterocycles. The van der Waals surface area contributed by atoms with Crippen LogP contribution in [0.3, 0.4) is 0 Å². The van der Waals surface area contributed by atoms with Gasteiger partial charge in [-0.3, -0.25) is 0 Å². The summed E-state index contributed by atoms with van der Waals surface area (Å²) >= 11 is 1.43. The topological polar surface area (TPSA) is 89.1 Å². The highest BCUT2D eigenvalue weighted by atomic mass is 32.2. The van der Waals surface area contributed by atoms with Gasteiger partial charge >= 0.3 is 5.97 Å². The molecule has 0 radical (unpaired) electrons. The first kappa shape index (κ1) is 14.5. The Labute approximate surface area is 120 Å². The number of pyridine rings is 1. The molecule has 7 heteroatoms. The van der Waals surface area contributed by atoms with Gasteiger partial charge in [0.15, 0.2) is 5.82 Å². The Morgan fingerprint density at radius 3 is 2.95 bits per heavy atom. The molecule has 0 aliphatic carbocycles. The van der Waals surface area contributed by atoms with Crippen molar-refractivity contribution in [3.05, 3.63) is 35.6 Å². The zero-order valence-corrected chi connectivity index (χ0v) is 11.9. The molecule has 1 N–H and O–H groups in total. The molecule has 106 valence electrons. The van der Waals surface area contributed by atoms with E-state index in [2.05, 4.69) is 22.0 Å². The van der Waals surface area contributed by atoms with Gasteiger partial charge in [-0.1, -0.05) is 30.3 Å². The molecule has 2 aromatic rings. The van der Waals surface area contributed by atoms with E-state index >= 15 is 0 Å². The maximum absolute atomic E-state index is 10.7. The molecular weight excluding hydrogens is 278 g/mol. The third kappa shape index (κ3) is 4.06. The molecule has 0 fully saturated rings. The highest BCUT2D eigenvalue weighted by Gasteiger charge is 2.08. The molecular formula is C13H15N3O3S. The van der Waals surface area contributed by atoms with Crippen LogP contribution in [0.15, 0.2) is 27.9 Å². The van der Waals surface area contributed by atoms with E-state index in [0.29, 0.717) is 11.6 Å². The lowest BCUT2D eigenvalue weighted by Crippen LogP contribution is -1.96. The van der Waals surface area contributed by atoms with E-state index in [1.165, 1.54) is 24.0 Å². The Morgan fingerprint density at radius 1 is 1.45 bits per heavy atom. The minimum atomic E-state index is -0.980. The Kier molecular flexibility index (Phi) is 5.11. The number of carboxylic acids is 1. The second-order valence-electron chi connectivity index (χ2n) is 4.19. The summed E-state index contributed by atoms with van der Waals surface area (Å²) in [6, 6.07) is 3.20. The fourth-order valence-corrected chi connectivity index (χ4v) is 2.19. The van der Waals surface area contributed by atoms with Crippen LogP contribution in [0.4, 0.5) is 0 Å². The molecule has 0 amide bonds. The predicted octanol–water partition coefficient (Wildman–Crippen LogP) is 2.80. The summed E-state index contributed by atoms with van der Waals surface area (Å²) in [5.74, 6) is 0.840. The maximum atomic E-state index is 10.7. The van der Waals surface area contributed by atoms with Gasteiger partial charge in [-0.25, -0.2) is 9.78 Å². The summed E-state index contributed by atoms with van der Waals surface area (Å²) in [7, 11) is 0. The molecule has 0 spiro atoms. The van der Waals surface area contributed by atoms with Crippen molar-refractivity contribution in [3.63, 3.8) is 0 Å². The van der Waals surface area contributed by atoms with E-state index in [4.69, 9.17) is 9.63 Å². The number of rotatable bonds is 7. The van der Waals surface area contributed by atoms with Crippen molar-refractivity contribution in [2.75, 3.05) is 0 Å². The number of carbonyl (C=O) groups is 1. The van der Waals surface area contributed by atoms with Gasteiger partial charge in [-0.2, -0.15) is 4.98 Å². The van der Waals surface area contributed by atoms with Gasteiger partial charge in [-0.05, 0) is 18.6 Å². The van der Waals surface area contributed by atoms with Gasteiger partial charge in [0.05, 0.1) is 16.3 Å². The van der Waals surface area contributed by atoms with Gasteiger partial charge in [-0.15, -0.1) is 0 Å². The van der Waals surface area contributed by atoms with Crippen LogP contribution in [0.1, 0.15) is 41.8 Å². The van der Waals surface area contributed by atoms with Crippen LogP contribution in [0.5, 0.6) is 0 Å². The van der Waals surface area contributed by atoms with Crippen molar-refractivity contribution in [1.82, 2.24) is 15.1 Å². The van der Waals surface area contributed by atoms with Crippen molar-refractivity contribution < 1.29 is 14.4 Å². The number of carboxylic acid groups (broad SMARTS) is 1. The molecule has 0 aliphatic rings. The van der Waals surface area contributed by atoms with E-state index < -0.39 is 5.97 Å². The van der Waals surface area contributed by atoms with E-state index in [1.807, 2.05) is 0 Å². The first-order chi connectivity index (χ1) is 9.69. The molecule has 0 unspecified atom stereocenters. The Morgan fingerprint density at radius 2 is 2.30 bits per heavy atom. The van der Waals surface area contributed by atoms with Gasteiger partial charge in [0.1, 0.15) is 0 Å². The summed E-state index contributed by atoms with van der Waals surface area (Å²) < 4.78 is 5.14. The number of unbranched alkanes of at least 4 members (excludes halogenated alkanes) is 1. The van der Waals surface area contributed by atoms with E-state index in [9.17, 15) is 4.79 Å². The molecule has 0 aliphatic heterocycles. The van der Waals surface area contributed by atoms with E-state index in [1.54, 1.807) is 6.07 Å². The smallest absolute Gasteiger partial charge is 0.337 e. The maximum Gasteiger partial charge on any atom is 0.337 e. The van der Waals surface area contributed by atoms with Gasteiger partial charge in [0.25, 0.3) is 0 Å². The van der Waals surface area contributed by atoms with Gasteiger partial charge in [0.2, 0.25) is 5.89 Å². The lowest BCUT2D eigenvalue weighted by molar-refractivity contribution is 0.0696. The fraction of sp³-hybridized carbons (Fsp3) is 0.385. The second kappa shape index (κ2) is 7.04. The SMILES string of the molecule is CCCCc1noc(CSc2ccc(C(=O)O)cn2)n1. The largest absolute Gasteiger partial charge is 0.478 e. The first-order valence-electron chi connectivity index (χ1n) is 6.32. The van der Waals surface area contributed by atoms with Crippen molar-refractivity contribution in [3.8, 4) is 0 Å². The van der Waals surface area contributed by atoms with Crippen molar-refractivity contribution in [2.45, 2.75) is 37.0 Å². The van der Waals surface area contributed by atoms with E-state index in [-0.39, 0.29) is 5.56 Å². The summed E-state index contributed by atoms with van der Waals surface area (Å²) in [4.78, 5) is 19.1. The lowest BCUT2D eigenvalue weighted by atomic mass is 10.2. The van der Waals surface area contributed by atoms with Crippen molar-refractivity contribution >= 4 is 17.7 Å². The number of aromatic carboxylic acids is 1. The molecule has 20 heavy (non-hydrogen) atoms. The molecule has 6 nitrogen and oxygen atoms in total. The first-order valence-corrected chi connectivity index (χ1v) is 7.31. The predicted molar refractivity (Wildman–Crippen MR) is 73.7 cm³/mol. The highest BCUT2D eigenvalue weighted by Crippen LogP contribution is 2.20. The normalized spacial score (nSPS) is 10.7. The van der Waals surface area contributed by atoms with Gasteiger partial charge in [0, 0.05) is 12.6 Å². The number of hydrogen-bond donors (Lipinski definition) is 1. The number of nitrogens with zero attached hydrogens (tertiary/aromatic N) is 3. The summed E-state index contributed by atoms with van der Waals surface area (Å²) in [6.07, 6.45) is 4.31. The van der Waals surface area contributed by atoms with Crippen molar-refractivity contribution in [2.24, 2.45) is 0 Å². The Hall–Kier alpha value is -1.89.